The number of fused-ring (bicyclic) bond motifs is 1. The minimum atomic E-state index is -0.481. The lowest BCUT2D eigenvalue weighted by Crippen LogP contribution is -2.37. The molecule has 0 aliphatic rings. The van der Waals surface area contributed by atoms with Crippen LogP contribution in [0.2, 0.25) is 0 Å². The van der Waals surface area contributed by atoms with Gasteiger partial charge in [-0.25, -0.2) is 4.79 Å². The summed E-state index contributed by atoms with van der Waals surface area (Å²) in [6.45, 7) is 7.63. The van der Waals surface area contributed by atoms with E-state index in [0.717, 1.165) is 41.4 Å². The van der Waals surface area contributed by atoms with Crippen molar-refractivity contribution >= 4 is 22.8 Å². The number of esters is 1. The fourth-order valence-corrected chi connectivity index (χ4v) is 2.93. The van der Waals surface area contributed by atoms with E-state index in [1.54, 1.807) is 0 Å². The quantitative estimate of drug-likeness (QED) is 0.781. The van der Waals surface area contributed by atoms with Crippen LogP contribution in [0.1, 0.15) is 55.2 Å². The van der Waals surface area contributed by atoms with Crippen molar-refractivity contribution in [3.63, 3.8) is 0 Å². The summed E-state index contributed by atoms with van der Waals surface area (Å²) in [7, 11) is 0. The van der Waals surface area contributed by atoms with E-state index in [2.05, 4.69) is 10.3 Å². The Hall–Kier alpha value is -2.43. The molecule has 1 heterocycles. The SMILES string of the molecule is CCc1nc2ccccc2c(C(=O)OCC(=O)NC(CC)CC)c1C. The molecular weight excluding hydrogens is 316 g/mol. The van der Waals surface area contributed by atoms with E-state index in [1.807, 2.05) is 52.0 Å². The number of para-hydroxylation sites is 1. The largest absolute Gasteiger partial charge is 0.452 e. The Kier molecular flexibility index (Phi) is 6.51. The van der Waals surface area contributed by atoms with Crippen LogP contribution in [0, 0.1) is 6.92 Å². The smallest absolute Gasteiger partial charge is 0.339 e. The van der Waals surface area contributed by atoms with Crippen LogP contribution in [0.5, 0.6) is 0 Å². The average molecular weight is 342 g/mol. The summed E-state index contributed by atoms with van der Waals surface area (Å²) in [5.41, 5.74) is 2.94. The van der Waals surface area contributed by atoms with E-state index in [0.29, 0.717) is 5.56 Å². The van der Waals surface area contributed by atoms with Gasteiger partial charge < -0.3 is 10.1 Å². The minimum absolute atomic E-state index is 0.112. The molecule has 0 unspecified atom stereocenters. The van der Waals surface area contributed by atoms with E-state index in [-0.39, 0.29) is 18.6 Å². The normalized spacial score (nSPS) is 10.9. The molecule has 25 heavy (non-hydrogen) atoms. The minimum Gasteiger partial charge on any atom is -0.452 e. The fraction of sp³-hybridized carbons (Fsp3) is 0.450. The number of ether oxygens (including phenoxy) is 1. The van der Waals surface area contributed by atoms with E-state index < -0.39 is 5.97 Å². The third-order valence-electron chi connectivity index (χ3n) is 4.46. The van der Waals surface area contributed by atoms with Gasteiger partial charge in [0.1, 0.15) is 0 Å². The lowest BCUT2D eigenvalue weighted by atomic mass is 10.0. The summed E-state index contributed by atoms with van der Waals surface area (Å²) in [6.07, 6.45) is 2.43. The Morgan fingerprint density at radius 3 is 2.48 bits per heavy atom. The van der Waals surface area contributed by atoms with Crippen molar-refractivity contribution in [1.82, 2.24) is 10.3 Å². The number of carbonyl (C=O) groups excluding carboxylic acids is 2. The van der Waals surface area contributed by atoms with E-state index in [1.165, 1.54) is 0 Å². The molecule has 0 aliphatic heterocycles. The fourth-order valence-electron chi connectivity index (χ4n) is 2.93. The predicted molar refractivity (Wildman–Crippen MR) is 98.7 cm³/mol. The molecule has 0 saturated carbocycles. The van der Waals surface area contributed by atoms with Gasteiger partial charge in [-0.1, -0.05) is 39.0 Å². The van der Waals surface area contributed by atoms with E-state index in [4.69, 9.17) is 4.74 Å². The lowest BCUT2D eigenvalue weighted by Gasteiger charge is -2.16. The second-order valence-electron chi connectivity index (χ2n) is 6.09. The summed E-state index contributed by atoms with van der Waals surface area (Å²) in [6, 6.07) is 7.61. The molecule has 5 nitrogen and oxygen atoms in total. The Morgan fingerprint density at radius 2 is 1.84 bits per heavy atom. The summed E-state index contributed by atoms with van der Waals surface area (Å²) in [4.78, 5) is 29.2. The van der Waals surface area contributed by atoms with Crippen LogP contribution in [0.25, 0.3) is 10.9 Å². The Morgan fingerprint density at radius 1 is 1.16 bits per heavy atom. The molecule has 2 aromatic rings. The maximum absolute atomic E-state index is 12.6. The zero-order chi connectivity index (χ0) is 18.4. The number of pyridine rings is 1. The highest BCUT2D eigenvalue weighted by Crippen LogP contribution is 2.24. The van der Waals surface area contributed by atoms with Gasteiger partial charge in [0.05, 0.1) is 11.1 Å². The van der Waals surface area contributed by atoms with Crippen LogP contribution in [0.15, 0.2) is 24.3 Å². The lowest BCUT2D eigenvalue weighted by molar-refractivity contribution is -0.125. The number of hydrogen-bond acceptors (Lipinski definition) is 4. The van der Waals surface area contributed by atoms with E-state index in [9.17, 15) is 9.59 Å². The first-order chi connectivity index (χ1) is 12.0. The number of hydrogen-bond donors (Lipinski definition) is 1. The molecule has 2 rings (SSSR count). The first kappa shape index (κ1) is 18.9. The van der Waals surface area contributed by atoms with Gasteiger partial charge in [0, 0.05) is 17.1 Å². The third-order valence-corrected chi connectivity index (χ3v) is 4.46. The maximum atomic E-state index is 12.6. The van der Waals surface area contributed by atoms with Crippen molar-refractivity contribution in [3.8, 4) is 0 Å². The average Bonchev–Trinajstić information content (AvgIpc) is 2.63. The standard InChI is InChI=1S/C20H26N2O3/c1-5-14(6-2)21-18(23)12-25-20(24)19-13(4)16(7-3)22-17-11-9-8-10-15(17)19/h8-11,14H,5-7,12H2,1-4H3,(H,21,23). The molecule has 0 saturated heterocycles. The molecule has 0 fully saturated rings. The number of nitrogens with one attached hydrogen (secondary N) is 1. The summed E-state index contributed by atoms with van der Waals surface area (Å²) in [5.74, 6) is -0.751. The maximum Gasteiger partial charge on any atom is 0.339 e. The molecule has 5 heteroatoms. The van der Waals surface area contributed by atoms with Crippen molar-refractivity contribution in [2.75, 3.05) is 6.61 Å². The van der Waals surface area contributed by atoms with Gasteiger partial charge in [0.15, 0.2) is 6.61 Å². The Bertz CT molecular complexity index is 767. The molecular formula is C20H26N2O3. The van der Waals surface area contributed by atoms with Gasteiger partial charge in [-0.15, -0.1) is 0 Å². The topological polar surface area (TPSA) is 68.3 Å². The Balaban J connectivity index is 2.21. The summed E-state index contributed by atoms with van der Waals surface area (Å²) < 4.78 is 5.29. The molecule has 1 amide bonds. The third kappa shape index (κ3) is 4.35. The number of benzene rings is 1. The van der Waals surface area contributed by atoms with Crippen molar-refractivity contribution in [2.45, 2.75) is 53.0 Å². The molecule has 134 valence electrons. The second-order valence-corrected chi connectivity index (χ2v) is 6.09. The van der Waals surface area contributed by atoms with Crippen LogP contribution in [-0.2, 0) is 16.0 Å². The molecule has 1 N–H and O–H groups in total. The highest BCUT2D eigenvalue weighted by Gasteiger charge is 2.19. The van der Waals surface area contributed by atoms with Crippen molar-refractivity contribution < 1.29 is 14.3 Å². The van der Waals surface area contributed by atoms with Crippen molar-refractivity contribution in [1.29, 1.82) is 0 Å². The summed E-state index contributed by atoms with van der Waals surface area (Å²) >= 11 is 0. The van der Waals surface area contributed by atoms with Crippen molar-refractivity contribution in [3.05, 3.63) is 41.1 Å². The zero-order valence-electron chi connectivity index (χ0n) is 15.4. The van der Waals surface area contributed by atoms with Crippen LogP contribution in [0.3, 0.4) is 0 Å². The molecule has 0 bridgehead atoms. The summed E-state index contributed by atoms with van der Waals surface area (Å²) in [5, 5.41) is 3.62. The number of amides is 1. The van der Waals surface area contributed by atoms with Crippen LogP contribution >= 0.6 is 0 Å². The Labute approximate surface area is 148 Å². The first-order valence-electron chi connectivity index (χ1n) is 8.86. The molecule has 1 aromatic heterocycles. The first-order valence-corrected chi connectivity index (χ1v) is 8.86. The van der Waals surface area contributed by atoms with Gasteiger partial charge in [0.25, 0.3) is 5.91 Å². The predicted octanol–water partition coefficient (Wildman–Crippen LogP) is 3.57. The zero-order valence-corrected chi connectivity index (χ0v) is 15.4. The highest BCUT2D eigenvalue weighted by molar-refractivity contribution is 6.05. The van der Waals surface area contributed by atoms with Gasteiger partial charge in [0.2, 0.25) is 0 Å². The number of aryl methyl sites for hydroxylation is 1. The molecule has 0 atom stereocenters. The van der Waals surface area contributed by atoms with Crippen LogP contribution in [0.4, 0.5) is 0 Å². The van der Waals surface area contributed by atoms with E-state index >= 15 is 0 Å². The number of nitrogens with zero attached hydrogens (tertiary/aromatic N) is 1. The second kappa shape index (κ2) is 8.60. The molecule has 1 aromatic carbocycles. The van der Waals surface area contributed by atoms with Gasteiger partial charge in [-0.3, -0.25) is 9.78 Å². The van der Waals surface area contributed by atoms with Gasteiger partial charge in [-0.2, -0.15) is 0 Å². The monoisotopic (exact) mass is 342 g/mol. The molecule has 0 radical (unpaired) electrons. The van der Waals surface area contributed by atoms with Crippen LogP contribution in [-0.4, -0.2) is 29.5 Å². The number of aromatic nitrogens is 1. The number of rotatable bonds is 7. The number of carbonyl (C=O) groups is 2. The molecule has 0 aliphatic carbocycles. The van der Waals surface area contributed by atoms with Gasteiger partial charge in [-0.05, 0) is 37.8 Å². The van der Waals surface area contributed by atoms with Crippen LogP contribution < -0.4 is 5.32 Å². The molecule has 0 spiro atoms. The van der Waals surface area contributed by atoms with Crippen molar-refractivity contribution in [2.24, 2.45) is 0 Å². The van der Waals surface area contributed by atoms with Gasteiger partial charge >= 0.3 is 5.97 Å². The highest BCUT2D eigenvalue weighted by atomic mass is 16.5.